The van der Waals surface area contributed by atoms with Crippen molar-refractivity contribution in [2.75, 3.05) is 26.4 Å². The van der Waals surface area contributed by atoms with Gasteiger partial charge in [0.2, 0.25) is 0 Å². The number of nitrogens with zero attached hydrogens (tertiary/aromatic N) is 1. The zero-order valence-corrected chi connectivity index (χ0v) is 52.1. The van der Waals surface area contributed by atoms with Gasteiger partial charge >= 0.3 is 11.9 Å². The van der Waals surface area contributed by atoms with Crippen LogP contribution in [0.3, 0.4) is 0 Å². The minimum atomic E-state index is -1.51. The van der Waals surface area contributed by atoms with Gasteiger partial charge in [0.05, 0.1) is 48.5 Å². The van der Waals surface area contributed by atoms with Crippen LogP contribution in [-0.4, -0.2) is 106 Å². The van der Waals surface area contributed by atoms with E-state index in [9.17, 15) is 15.3 Å². The van der Waals surface area contributed by atoms with E-state index in [0.717, 1.165) is 115 Å². The van der Waals surface area contributed by atoms with Crippen LogP contribution in [0, 0.1) is 109 Å². The third-order valence-corrected chi connectivity index (χ3v) is 30.4. The molecule has 1 aromatic heterocycles. The predicted molar refractivity (Wildman–Crippen MR) is 321 cm³/mol. The molecule has 14 fully saturated rings. The molecule has 1 aromatic carbocycles. The zero-order chi connectivity index (χ0) is 59.2. The maximum Gasteiger partial charge on any atom is 0.339 e. The summed E-state index contributed by atoms with van der Waals surface area (Å²) in [5, 5.41) is 41.4. The highest BCUT2D eigenvalue weighted by atomic mass is 16.7. The van der Waals surface area contributed by atoms with Gasteiger partial charge in [-0.1, -0.05) is 88.9 Å². The average Bonchev–Trinajstić information content (AvgIpc) is 1.44. The lowest BCUT2D eigenvalue weighted by Crippen LogP contribution is -2.82. The summed E-state index contributed by atoms with van der Waals surface area (Å²) in [6.07, 6.45) is 25.6. The highest BCUT2D eigenvalue weighted by Crippen LogP contribution is 2.92. The van der Waals surface area contributed by atoms with E-state index in [2.05, 4.69) is 86.6 Å². The number of benzene rings is 1. The van der Waals surface area contributed by atoms with Gasteiger partial charge in [-0.25, -0.2) is 4.79 Å². The second-order valence-electron chi connectivity index (χ2n) is 33.7. The van der Waals surface area contributed by atoms with Crippen molar-refractivity contribution in [3.05, 3.63) is 83.5 Å². The van der Waals surface area contributed by atoms with Crippen LogP contribution in [0.4, 0.5) is 0 Å². The first-order chi connectivity index (χ1) is 42.0. The number of allylic oxidation sites excluding steroid dienone is 1. The van der Waals surface area contributed by atoms with Crippen molar-refractivity contribution in [2.45, 2.75) is 216 Å². The lowest BCUT2D eigenvalue weighted by Gasteiger charge is -2.73. The fourth-order valence-electron chi connectivity index (χ4n) is 28.1. The number of nitrogens with one attached hydrogen (secondary N) is 1. The van der Waals surface area contributed by atoms with Crippen molar-refractivity contribution in [3.8, 4) is 0 Å². The lowest BCUT2D eigenvalue weighted by atomic mass is 9.29. The first-order valence-electron chi connectivity index (χ1n) is 35.2. The number of esters is 2. The Balaban J connectivity index is 0.844. The molecule has 0 amide bonds. The van der Waals surface area contributed by atoms with Crippen LogP contribution in [-0.2, 0) is 46.2 Å². The van der Waals surface area contributed by atoms with Gasteiger partial charge in [0.25, 0.3) is 0 Å². The minimum absolute atomic E-state index is 0.0493. The van der Waals surface area contributed by atoms with Gasteiger partial charge in [-0.05, 0) is 215 Å². The zero-order valence-electron chi connectivity index (χ0n) is 52.1. The van der Waals surface area contributed by atoms with Crippen LogP contribution in [0.25, 0.3) is 0 Å². The SMILES string of the molecule is CC(C)CC1C=C2CC3CCC4(CCC5(CCCC5)C4)C34CC3CC5(C)C(c6ccoc6CC(C(O)CO)C6CCC7C(C=CN8CNCC78)C6)OC(=O)C6OC65C5(C6CCCC(Cc7ccccc7)C6)C(O)C(=O)C6C1(C)OC21C4C(=O)OCC61C35. The number of fused-ring (bicyclic) bond motifs is 5. The molecule has 468 valence electrons. The molecule has 6 spiro atoms. The number of hydrogen-bond acceptors (Lipinski definition) is 13. The molecular formula is C74H96N2O11. The number of aliphatic hydroxyl groups is 3. The van der Waals surface area contributed by atoms with Gasteiger partial charge < -0.3 is 43.6 Å². The fraction of sp³-hybridized carbons (Fsp3) is 0.770. The van der Waals surface area contributed by atoms with Gasteiger partial charge in [-0.3, -0.25) is 14.9 Å². The van der Waals surface area contributed by atoms with Crippen LogP contribution in [0.2, 0.25) is 0 Å². The lowest BCUT2D eigenvalue weighted by molar-refractivity contribution is -0.301. The molecule has 87 heavy (non-hydrogen) atoms. The Morgan fingerprint density at radius 1 is 0.862 bits per heavy atom. The van der Waals surface area contributed by atoms with E-state index >= 15 is 14.4 Å². The van der Waals surface area contributed by atoms with E-state index in [0.29, 0.717) is 42.4 Å². The van der Waals surface area contributed by atoms with Crippen LogP contribution < -0.4 is 5.32 Å². The van der Waals surface area contributed by atoms with Crippen molar-refractivity contribution < 1.29 is 53.1 Å². The summed E-state index contributed by atoms with van der Waals surface area (Å²) >= 11 is 0. The molecule has 13 heteroatoms. The molecule has 5 saturated heterocycles. The minimum Gasteiger partial charge on any atom is -0.469 e. The van der Waals surface area contributed by atoms with Gasteiger partial charge in [0.15, 0.2) is 11.9 Å². The van der Waals surface area contributed by atoms with Crippen molar-refractivity contribution in [1.82, 2.24) is 10.2 Å². The monoisotopic (exact) mass is 1190 g/mol. The van der Waals surface area contributed by atoms with Crippen molar-refractivity contribution in [1.29, 1.82) is 0 Å². The topological polar surface area (TPSA) is 181 Å². The molecule has 8 heterocycles. The Morgan fingerprint density at radius 3 is 2.52 bits per heavy atom. The van der Waals surface area contributed by atoms with Crippen LogP contribution in [0.5, 0.6) is 0 Å². The molecule has 9 saturated carbocycles. The summed E-state index contributed by atoms with van der Waals surface area (Å²) in [5.74, 6) is -1.01. The number of aliphatic hydroxyl groups excluding tert-OH is 3. The molecule has 16 aliphatic rings. The summed E-state index contributed by atoms with van der Waals surface area (Å²) < 4.78 is 37.2. The Hall–Kier alpha value is -3.85. The number of ether oxygens (including phenoxy) is 4. The summed E-state index contributed by atoms with van der Waals surface area (Å²) in [6, 6.07) is 13.2. The average molecular weight is 1190 g/mol. The predicted octanol–water partition coefficient (Wildman–Crippen LogP) is 10.8. The van der Waals surface area contributed by atoms with E-state index in [1.807, 2.05) is 6.07 Å². The second kappa shape index (κ2) is 18.7. The highest BCUT2D eigenvalue weighted by molar-refractivity contribution is 5.94. The molecule has 0 radical (unpaired) electrons. The van der Waals surface area contributed by atoms with E-state index in [4.69, 9.17) is 23.4 Å². The maximum absolute atomic E-state index is 17.4. The molecule has 9 aliphatic carbocycles. The normalized spacial score (nSPS) is 51.0. The molecule has 25 atom stereocenters. The number of carbonyl (C=O) groups is 3. The highest BCUT2D eigenvalue weighted by Gasteiger charge is 2.99. The number of hydrogen-bond donors (Lipinski definition) is 4. The number of ketones is 1. The van der Waals surface area contributed by atoms with Gasteiger partial charge in [0, 0.05) is 41.3 Å². The Morgan fingerprint density at radius 2 is 1.70 bits per heavy atom. The molecule has 13 nitrogen and oxygen atoms in total. The molecule has 18 rings (SSSR count). The number of furan rings is 1. The summed E-state index contributed by atoms with van der Waals surface area (Å²) in [5.41, 5.74) is -4.05. The summed E-state index contributed by atoms with van der Waals surface area (Å²) in [7, 11) is 0. The number of carbonyl (C=O) groups excluding carboxylic acids is 3. The van der Waals surface area contributed by atoms with Crippen molar-refractivity contribution in [2.24, 2.45) is 109 Å². The van der Waals surface area contributed by atoms with Crippen LogP contribution >= 0.6 is 0 Å². The number of rotatable bonds is 11. The largest absolute Gasteiger partial charge is 0.469 e. The molecular weight excluding hydrogens is 1090 g/mol. The number of Topliss-reactive ketones (excluding diaryl/α,β-unsaturated/α-hetero) is 1. The van der Waals surface area contributed by atoms with E-state index in [1.54, 1.807) is 6.26 Å². The number of epoxide rings is 1. The third-order valence-electron chi connectivity index (χ3n) is 30.4. The molecule has 25 unspecified atom stereocenters. The van der Waals surface area contributed by atoms with E-state index < -0.39 is 86.6 Å². The van der Waals surface area contributed by atoms with Crippen molar-refractivity contribution in [3.63, 3.8) is 0 Å². The molecule has 2 aromatic rings. The second-order valence-corrected chi connectivity index (χ2v) is 33.7. The Bertz CT molecular complexity index is 3240. The molecule has 7 aliphatic heterocycles. The Kier molecular flexibility index (Phi) is 12.0. The van der Waals surface area contributed by atoms with Crippen molar-refractivity contribution >= 4 is 17.7 Å². The summed E-state index contributed by atoms with van der Waals surface area (Å²) in [6.45, 7) is 10.6. The Labute approximate surface area is 514 Å². The summed E-state index contributed by atoms with van der Waals surface area (Å²) in [4.78, 5) is 52.0. The first kappa shape index (κ1) is 55.9. The van der Waals surface area contributed by atoms with Crippen LogP contribution in [0.15, 0.2) is 71.0 Å². The van der Waals surface area contributed by atoms with E-state index in [1.165, 1.54) is 43.2 Å². The standard InChI is InChI=1S/C74H96N2O11/c1-41(2)27-49-32-50-31-47-17-22-69(24-23-68(38-69)20-8-9-21-68)70(47)35-46-34-66(3)62(52-19-26-83-56(52)33-53(55(78)37-77)44-15-16-51-45(30-44)18-25-76-40-75-36-54(51)76)85-65(82)63-74(66,86-63)72(48-14-10-13-43(29-48)28-42-11-6-5-7-12-42)58(46)71-39-84-64(81)60(70)73(50,71)87-67(49,4)59(71)57(79)61(72)80/h5-7,11-12,18-19,25-26,32,41,43-49,51,53-55,58-63,75,77-78,80H,8-10,13-17,20-24,27-31,33-40H2,1-4H3. The van der Waals surface area contributed by atoms with Gasteiger partial charge in [0.1, 0.15) is 35.8 Å². The van der Waals surface area contributed by atoms with Crippen LogP contribution in [0.1, 0.15) is 179 Å². The number of cyclic esters (lactones) is 2. The molecule has 4 N–H and O–H groups in total. The smallest absolute Gasteiger partial charge is 0.339 e. The first-order valence-corrected chi connectivity index (χ1v) is 35.2. The maximum atomic E-state index is 17.4. The third kappa shape index (κ3) is 6.68. The molecule has 5 bridgehead atoms. The quantitative estimate of drug-likeness (QED) is 0.0949. The van der Waals surface area contributed by atoms with Gasteiger partial charge in [-0.2, -0.15) is 0 Å². The fourth-order valence-corrected chi connectivity index (χ4v) is 28.1. The van der Waals surface area contributed by atoms with E-state index in [-0.39, 0.29) is 77.2 Å². The van der Waals surface area contributed by atoms with Gasteiger partial charge in [-0.15, -0.1) is 0 Å².